The number of hydroxylamine groups is 3. The van der Waals surface area contributed by atoms with E-state index in [2.05, 4.69) is 25.2 Å². The fourth-order valence-electron chi connectivity index (χ4n) is 3.18. The van der Waals surface area contributed by atoms with Gasteiger partial charge in [-0.05, 0) is 66.2 Å². The van der Waals surface area contributed by atoms with Gasteiger partial charge in [-0.1, -0.05) is 19.7 Å². The highest BCUT2D eigenvalue weighted by Crippen LogP contribution is 2.28. The van der Waals surface area contributed by atoms with E-state index >= 15 is 0 Å². The van der Waals surface area contributed by atoms with Gasteiger partial charge >= 0.3 is 5.97 Å². The molecular formula is C25H42N2O6. The van der Waals surface area contributed by atoms with Gasteiger partial charge in [-0.25, -0.2) is 4.79 Å². The zero-order valence-electron chi connectivity index (χ0n) is 21.1. The van der Waals surface area contributed by atoms with Crippen molar-refractivity contribution in [3.05, 3.63) is 36.9 Å². The zero-order chi connectivity index (χ0) is 25.1. The van der Waals surface area contributed by atoms with Crippen LogP contribution in [0.15, 0.2) is 36.9 Å². The number of nitrogens with one attached hydrogen (secondary N) is 1. The largest absolute Gasteiger partial charge is 0.385 e. The highest BCUT2D eigenvalue weighted by Gasteiger charge is 2.25. The van der Waals surface area contributed by atoms with Gasteiger partial charge in [-0.2, -0.15) is 10.5 Å². The fourth-order valence-corrected chi connectivity index (χ4v) is 3.18. The SMILES string of the molecule is C=C(CCCOC(C)(C)CCOC(C)(C)CCCC(=O)ON1C(=C)CCC1=C)ONC(C)=O. The third-order valence-corrected chi connectivity index (χ3v) is 5.26. The van der Waals surface area contributed by atoms with Crippen LogP contribution in [0.3, 0.4) is 0 Å². The molecule has 0 spiro atoms. The summed E-state index contributed by atoms with van der Waals surface area (Å²) >= 11 is 0. The zero-order valence-corrected chi connectivity index (χ0v) is 21.1. The summed E-state index contributed by atoms with van der Waals surface area (Å²) in [7, 11) is 0. The molecular weight excluding hydrogens is 424 g/mol. The summed E-state index contributed by atoms with van der Waals surface area (Å²) in [5, 5.41) is 1.46. The molecule has 0 bridgehead atoms. The van der Waals surface area contributed by atoms with E-state index < -0.39 is 0 Å². The van der Waals surface area contributed by atoms with Crippen LogP contribution in [0.2, 0.25) is 0 Å². The van der Waals surface area contributed by atoms with Crippen molar-refractivity contribution >= 4 is 11.9 Å². The lowest BCUT2D eigenvalue weighted by molar-refractivity contribution is -0.172. The van der Waals surface area contributed by atoms with E-state index in [9.17, 15) is 9.59 Å². The summed E-state index contributed by atoms with van der Waals surface area (Å²) in [6.45, 7) is 22.1. The molecule has 0 atom stereocenters. The second-order valence-electron chi connectivity index (χ2n) is 9.61. The van der Waals surface area contributed by atoms with Gasteiger partial charge in [-0.3, -0.25) is 4.79 Å². The van der Waals surface area contributed by atoms with Crippen molar-refractivity contribution in [2.75, 3.05) is 13.2 Å². The van der Waals surface area contributed by atoms with Crippen molar-refractivity contribution in [2.45, 2.75) is 97.2 Å². The topological polar surface area (TPSA) is 86.3 Å². The lowest BCUT2D eigenvalue weighted by Crippen LogP contribution is -2.31. The van der Waals surface area contributed by atoms with Crippen LogP contribution in [0.25, 0.3) is 0 Å². The Morgan fingerprint density at radius 1 is 0.939 bits per heavy atom. The van der Waals surface area contributed by atoms with Gasteiger partial charge in [0.1, 0.15) is 5.76 Å². The van der Waals surface area contributed by atoms with Crippen molar-refractivity contribution in [3.8, 4) is 0 Å². The maximum atomic E-state index is 12.1. The molecule has 0 aromatic heterocycles. The number of hydrogen-bond acceptors (Lipinski definition) is 7. The fraction of sp³-hybridized carbons (Fsp3) is 0.680. The van der Waals surface area contributed by atoms with E-state index in [1.165, 1.54) is 12.0 Å². The molecule has 0 radical (unpaired) electrons. The van der Waals surface area contributed by atoms with E-state index in [0.29, 0.717) is 38.2 Å². The third-order valence-electron chi connectivity index (χ3n) is 5.26. The van der Waals surface area contributed by atoms with Crippen LogP contribution < -0.4 is 5.48 Å². The number of carbonyl (C=O) groups excluding carboxylic acids is 2. The molecule has 1 aliphatic rings. The molecule has 1 heterocycles. The van der Waals surface area contributed by atoms with Crippen molar-refractivity contribution in [1.29, 1.82) is 0 Å². The van der Waals surface area contributed by atoms with Crippen LogP contribution in [-0.4, -0.2) is 41.4 Å². The molecule has 1 rings (SSSR count). The predicted octanol–water partition coefficient (Wildman–Crippen LogP) is 5.08. The average molecular weight is 467 g/mol. The maximum absolute atomic E-state index is 12.1. The van der Waals surface area contributed by atoms with E-state index in [4.69, 9.17) is 19.1 Å². The van der Waals surface area contributed by atoms with Gasteiger partial charge in [0, 0.05) is 26.4 Å². The molecule has 1 amide bonds. The normalized spacial score (nSPS) is 14.4. The van der Waals surface area contributed by atoms with Crippen molar-refractivity contribution in [2.24, 2.45) is 0 Å². The van der Waals surface area contributed by atoms with Gasteiger partial charge in [-0.15, -0.1) is 0 Å². The highest BCUT2D eigenvalue weighted by molar-refractivity contribution is 5.71. The van der Waals surface area contributed by atoms with Crippen LogP contribution in [-0.2, 0) is 28.7 Å². The first kappa shape index (κ1) is 28.7. The third kappa shape index (κ3) is 12.5. The molecule has 1 N–H and O–H groups in total. The van der Waals surface area contributed by atoms with Crippen molar-refractivity contribution in [3.63, 3.8) is 0 Å². The Morgan fingerprint density at radius 2 is 1.52 bits per heavy atom. The molecule has 8 nitrogen and oxygen atoms in total. The minimum Gasteiger partial charge on any atom is -0.385 e. The number of nitrogens with zero attached hydrogens (tertiary/aromatic N) is 1. The van der Waals surface area contributed by atoms with E-state index in [1.807, 2.05) is 27.7 Å². The van der Waals surface area contributed by atoms with Crippen LogP contribution in [0.4, 0.5) is 0 Å². The van der Waals surface area contributed by atoms with E-state index in [0.717, 1.165) is 43.5 Å². The highest BCUT2D eigenvalue weighted by atomic mass is 16.7. The Balaban J connectivity index is 2.19. The molecule has 1 aliphatic heterocycles. The number of rotatable bonds is 16. The Hall–Kier alpha value is -2.32. The summed E-state index contributed by atoms with van der Waals surface area (Å²) in [6.07, 6.45) is 5.34. The average Bonchev–Trinajstić information content (AvgIpc) is 3.01. The molecule has 188 valence electrons. The first-order valence-corrected chi connectivity index (χ1v) is 11.6. The summed E-state index contributed by atoms with van der Waals surface area (Å²) in [5.74, 6) is -0.0541. The van der Waals surface area contributed by atoms with Crippen molar-refractivity contribution in [1.82, 2.24) is 10.5 Å². The quantitative estimate of drug-likeness (QED) is 0.193. The lowest BCUT2D eigenvalue weighted by Gasteiger charge is -2.30. The Labute approximate surface area is 198 Å². The Morgan fingerprint density at radius 3 is 2.12 bits per heavy atom. The Bertz CT molecular complexity index is 698. The van der Waals surface area contributed by atoms with E-state index in [1.54, 1.807) is 0 Å². The lowest BCUT2D eigenvalue weighted by atomic mass is 10.0. The molecule has 0 aliphatic carbocycles. The number of carbonyl (C=O) groups is 2. The van der Waals surface area contributed by atoms with E-state index in [-0.39, 0.29) is 23.1 Å². The summed E-state index contributed by atoms with van der Waals surface area (Å²) in [4.78, 5) is 33.3. The molecule has 1 saturated heterocycles. The van der Waals surface area contributed by atoms with Gasteiger partial charge in [0.2, 0.25) is 5.91 Å². The molecule has 0 saturated carbocycles. The predicted molar refractivity (Wildman–Crippen MR) is 127 cm³/mol. The van der Waals surface area contributed by atoms with Crippen LogP contribution in [0.1, 0.15) is 86.0 Å². The molecule has 1 fully saturated rings. The van der Waals surface area contributed by atoms with Gasteiger partial charge in [0.05, 0.1) is 29.2 Å². The monoisotopic (exact) mass is 466 g/mol. The number of ether oxygens (including phenoxy) is 2. The van der Waals surface area contributed by atoms with Gasteiger partial charge in [0.25, 0.3) is 0 Å². The second-order valence-corrected chi connectivity index (χ2v) is 9.61. The van der Waals surface area contributed by atoms with Crippen LogP contribution in [0.5, 0.6) is 0 Å². The van der Waals surface area contributed by atoms with Gasteiger partial charge in [0.15, 0.2) is 0 Å². The number of allylic oxidation sites excluding steroid dienone is 3. The summed E-state index contributed by atoms with van der Waals surface area (Å²) < 4.78 is 12.0. The van der Waals surface area contributed by atoms with Gasteiger partial charge < -0.3 is 19.1 Å². The minimum atomic E-state index is -0.351. The first-order valence-electron chi connectivity index (χ1n) is 11.6. The first-order chi connectivity index (χ1) is 15.3. The Kier molecular flexibility index (Phi) is 11.7. The number of amides is 1. The van der Waals surface area contributed by atoms with Crippen molar-refractivity contribution < 1.29 is 28.7 Å². The minimum absolute atomic E-state index is 0.268. The smallest absolute Gasteiger partial charge is 0.332 e. The standard InChI is InChI=1S/C25H42N2O6/c1-19-13-14-20(2)27(19)33-23(29)12-9-15-24(5,6)31-18-16-25(7,8)30-17-10-11-21(3)32-26-22(4)28/h1-3,9-18H2,4-8H3,(H,26,28). The summed E-state index contributed by atoms with van der Waals surface area (Å²) in [5.41, 5.74) is 3.11. The molecule has 8 heteroatoms. The number of hydrogen-bond donors (Lipinski definition) is 1. The molecule has 0 aromatic rings. The molecule has 0 unspecified atom stereocenters. The summed E-state index contributed by atoms with van der Waals surface area (Å²) in [6, 6.07) is 0. The second kappa shape index (κ2) is 13.4. The maximum Gasteiger partial charge on any atom is 0.332 e. The molecule has 33 heavy (non-hydrogen) atoms. The van der Waals surface area contributed by atoms with Crippen LogP contribution >= 0.6 is 0 Å². The molecule has 0 aromatic carbocycles. The van der Waals surface area contributed by atoms with Crippen LogP contribution in [0, 0.1) is 0 Å².